The number of hydrogen-bond donors (Lipinski definition) is 2. The maximum absolute atomic E-state index is 12.0. The SMILES string of the molecule is O=C(Nc1ccccc1)OC[C@@H]1Cc2ccccc2C(=O)N1. The molecule has 2 aromatic rings. The molecule has 0 saturated heterocycles. The summed E-state index contributed by atoms with van der Waals surface area (Å²) < 4.78 is 5.18. The van der Waals surface area contributed by atoms with Gasteiger partial charge in [0.15, 0.2) is 0 Å². The van der Waals surface area contributed by atoms with E-state index in [4.69, 9.17) is 4.74 Å². The Morgan fingerprint density at radius 2 is 1.86 bits per heavy atom. The molecule has 0 radical (unpaired) electrons. The number of benzene rings is 2. The molecule has 1 atom stereocenters. The Balaban J connectivity index is 1.54. The number of nitrogens with one attached hydrogen (secondary N) is 2. The summed E-state index contributed by atoms with van der Waals surface area (Å²) >= 11 is 0. The largest absolute Gasteiger partial charge is 0.447 e. The average molecular weight is 296 g/mol. The van der Waals surface area contributed by atoms with Gasteiger partial charge in [-0.2, -0.15) is 0 Å². The molecule has 3 rings (SSSR count). The number of para-hydroxylation sites is 1. The second-order valence-electron chi connectivity index (χ2n) is 5.12. The fraction of sp³-hybridized carbons (Fsp3) is 0.176. The predicted molar refractivity (Wildman–Crippen MR) is 82.8 cm³/mol. The summed E-state index contributed by atoms with van der Waals surface area (Å²) in [5.41, 5.74) is 2.33. The molecule has 2 amide bonds. The van der Waals surface area contributed by atoms with Crippen molar-refractivity contribution < 1.29 is 14.3 Å². The van der Waals surface area contributed by atoms with Gasteiger partial charge in [-0.1, -0.05) is 36.4 Å². The summed E-state index contributed by atoms with van der Waals surface area (Å²) in [4.78, 5) is 23.7. The third-order valence-electron chi connectivity index (χ3n) is 3.50. The molecule has 0 spiro atoms. The lowest BCUT2D eigenvalue weighted by Gasteiger charge is -2.25. The van der Waals surface area contributed by atoms with Crippen molar-refractivity contribution in [2.24, 2.45) is 0 Å². The van der Waals surface area contributed by atoms with E-state index < -0.39 is 6.09 Å². The number of fused-ring (bicyclic) bond motifs is 1. The van der Waals surface area contributed by atoms with Crippen LogP contribution in [0.5, 0.6) is 0 Å². The summed E-state index contributed by atoms with van der Waals surface area (Å²) in [6, 6.07) is 16.3. The number of rotatable bonds is 3. The molecule has 22 heavy (non-hydrogen) atoms. The zero-order valence-electron chi connectivity index (χ0n) is 11.9. The predicted octanol–water partition coefficient (Wildman–Crippen LogP) is 2.59. The number of amides is 2. The van der Waals surface area contributed by atoms with Gasteiger partial charge in [-0.05, 0) is 30.2 Å². The maximum atomic E-state index is 12.0. The molecule has 0 unspecified atom stereocenters. The van der Waals surface area contributed by atoms with Crippen molar-refractivity contribution in [3.63, 3.8) is 0 Å². The van der Waals surface area contributed by atoms with E-state index in [0.29, 0.717) is 17.7 Å². The van der Waals surface area contributed by atoms with Gasteiger partial charge in [0.25, 0.3) is 5.91 Å². The molecular weight excluding hydrogens is 280 g/mol. The molecule has 1 heterocycles. The van der Waals surface area contributed by atoms with Crippen LogP contribution < -0.4 is 10.6 Å². The third kappa shape index (κ3) is 3.25. The highest BCUT2D eigenvalue weighted by Gasteiger charge is 2.24. The van der Waals surface area contributed by atoms with Gasteiger partial charge in [0.1, 0.15) is 6.61 Å². The Bertz CT molecular complexity index is 685. The van der Waals surface area contributed by atoms with E-state index in [1.54, 1.807) is 18.2 Å². The molecule has 0 saturated carbocycles. The van der Waals surface area contributed by atoms with Crippen LogP contribution in [0.4, 0.5) is 10.5 Å². The molecule has 0 aliphatic carbocycles. The first-order valence-electron chi connectivity index (χ1n) is 7.10. The highest BCUT2D eigenvalue weighted by atomic mass is 16.5. The number of carbonyl (C=O) groups excluding carboxylic acids is 2. The van der Waals surface area contributed by atoms with Gasteiger partial charge >= 0.3 is 6.09 Å². The van der Waals surface area contributed by atoms with Crippen LogP contribution in [0.3, 0.4) is 0 Å². The molecule has 1 aliphatic rings. The Labute approximate surface area is 128 Å². The van der Waals surface area contributed by atoms with Gasteiger partial charge in [0.2, 0.25) is 0 Å². The Morgan fingerprint density at radius 1 is 1.14 bits per heavy atom. The first-order valence-corrected chi connectivity index (χ1v) is 7.10. The molecule has 0 bridgehead atoms. The number of anilines is 1. The Hall–Kier alpha value is -2.82. The van der Waals surface area contributed by atoms with Gasteiger partial charge in [-0.15, -0.1) is 0 Å². The minimum absolute atomic E-state index is 0.126. The van der Waals surface area contributed by atoms with Gasteiger partial charge in [-0.3, -0.25) is 10.1 Å². The van der Waals surface area contributed by atoms with E-state index in [1.807, 2.05) is 36.4 Å². The lowest BCUT2D eigenvalue weighted by atomic mass is 9.96. The number of carbonyl (C=O) groups is 2. The second kappa shape index (κ2) is 6.30. The topological polar surface area (TPSA) is 67.4 Å². The van der Waals surface area contributed by atoms with Crippen LogP contribution in [-0.2, 0) is 11.2 Å². The summed E-state index contributed by atoms with van der Waals surface area (Å²) in [5, 5.41) is 5.49. The molecule has 2 aromatic carbocycles. The Kier molecular flexibility index (Phi) is 4.05. The van der Waals surface area contributed by atoms with Crippen molar-refractivity contribution in [1.82, 2.24) is 5.32 Å². The van der Waals surface area contributed by atoms with Crippen LogP contribution in [0, 0.1) is 0 Å². The highest BCUT2D eigenvalue weighted by Crippen LogP contribution is 2.16. The lowest BCUT2D eigenvalue weighted by Crippen LogP contribution is -2.44. The number of hydrogen-bond acceptors (Lipinski definition) is 3. The first-order chi connectivity index (χ1) is 10.7. The fourth-order valence-corrected chi connectivity index (χ4v) is 2.45. The Morgan fingerprint density at radius 3 is 2.68 bits per heavy atom. The van der Waals surface area contributed by atoms with Crippen LogP contribution in [-0.4, -0.2) is 24.6 Å². The molecule has 5 heteroatoms. The molecule has 112 valence electrons. The van der Waals surface area contributed by atoms with Crippen LogP contribution >= 0.6 is 0 Å². The van der Waals surface area contributed by atoms with E-state index >= 15 is 0 Å². The minimum Gasteiger partial charge on any atom is -0.447 e. The molecule has 0 fully saturated rings. The monoisotopic (exact) mass is 296 g/mol. The van der Waals surface area contributed by atoms with Crippen LogP contribution in [0.1, 0.15) is 15.9 Å². The van der Waals surface area contributed by atoms with Crippen LogP contribution in [0.25, 0.3) is 0 Å². The van der Waals surface area contributed by atoms with Crippen molar-refractivity contribution >= 4 is 17.7 Å². The highest BCUT2D eigenvalue weighted by molar-refractivity contribution is 5.97. The van der Waals surface area contributed by atoms with Crippen molar-refractivity contribution in [1.29, 1.82) is 0 Å². The van der Waals surface area contributed by atoms with E-state index in [-0.39, 0.29) is 18.6 Å². The van der Waals surface area contributed by atoms with E-state index in [0.717, 1.165) is 5.56 Å². The first kappa shape index (κ1) is 14.1. The van der Waals surface area contributed by atoms with Crippen molar-refractivity contribution in [3.05, 3.63) is 65.7 Å². The molecule has 0 aromatic heterocycles. The zero-order chi connectivity index (χ0) is 15.4. The third-order valence-corrected chi connectivity index (χ3v) is 3.50. The van der Waals surface area contributed by atoms with Crippen molar-refractivity contribution in [2.75, 3.05) is 11.9 Å². The normalized spacial score (nSPS) is 16.4. The van der Waals surface area contributed by atoms with Crippen molar-refractivity contribution in [2.45, 2.75) is 12.5 Å². The summed E-state index contributed by atoms with van der Waals surface area (Å²) in [5.74, 6) is -0.126. The second-order valence-corrected chi connectivity index (χ2v) is 5.12. The molecule has 2 N–H and O–H groups in total. The van der Waals surface area contributed by atoms with Gasteiger partial charge < -0.3 is 10.1 Å². The summed E-state index contributed by atoms with van der Waals surface area (Å²) in [7, 11) is 0. The minimum atomic E-state index is -0.528. The summed E-state index contributed by atoms with van der Waals surface area (Å²) in [6.45, 7) is 0.138. The van der Waals surface area contributed by atoms with Crippen molar-refractivity contribution in [3.8, 4) is 0 Å². The lowest BCUT2D eigenvalue weighted by molar-refractivity contribution is 0.0885. The quantitative estimate of drug-likeness (QED) is 0.915. The van der Waals surface area contributed by atoms with Gasteiger partial charge in [0.05, 0.1) is 6.04 Å². The standard InChI is InChI=1S/C17H16N2O3/c20-16-15-9-5-4-6-12(15)10-14(18-16)11-22-17(21)19-13-7-2-1-3-8-13/h1-9,14H,10-11H2,(H,18,20)(H,19,21)/t14-/m0/s1. The van der Waals surface area contributed by atoms with Gasteiger partial charge in [-0.25, -0.2) is 4.79 Å². The average Bonchev–Trinajstić information content (AvgIpc) is 2.54. The number of ether oxygens (including phenoxy) is 1. The zero-order valence-corrected chi connectivity index (χ0v) is 11.9. The van der Waals surface area contributed by atoms with E-state index in [9.17, 15) is 9.59 Å². The maximum Gasteiger partial charge on any atom is 0.411 e. The molecule has 5 nitrogen and oxygen atoms in total. The molecule has 1 aliphatic heterocycles. The van der Waals surface area contributed by atoms with E-state index in [1.165, 1.54) is 0 Å². The fourth-order valence-electron chi connectivity index (χ4n) is 2.45. The molecular formula is C17H16N2O3. The van der Waals surface area contributed by atoms with Gasteiger partial charge in [0, 0.05) is 11.3 Å². The summed E-state index contributed by atoms with van der Waals surface area (Å²) in [6.07, 6.45) is 0.125. The smallest absolute Gasteiger partial charge is 0.411 e. The van der Waals surface area contributed by atoms with E-state index in [2.05, 4.69) is 10.6 Å². The van der Waals surface area contributed by atoms with Crippen LogP contribution in [0.2, 0.25) is 0 Å². The van der Waals surface area contributed by atoms with Crippen LogP contribution in [0.15, 0.2) is 54.6 Å².